The molecule has 0 saturated heterocycles. The van der Waals surface area contributed by atoms with Gasteiger partial charge in [-0.2, -0.15) is 10.2 Å². The summed E-state index contributed by atoms with van der Waals surface area (Å²) in [5.74, 6) is 1.53. The molecule has 1 fully saturated rings. The fourth-order valence-corrected chi connectivity index (χ4v) is 3.85. The van der Waals surface area contributed by atoms with Gasteiger partial charge in [-0.15, -0.1) is 10.2 Å². The Morgan fingerprint density at radius 2 is 1.27 bits per heavy atom. The van der Waals surface area contributed by atoms with Crippen LogP contribution in [-0.2, 0) is 9.59 Å². The molecule has 1 aliphatic rings. The van der Waals surface area contributed by atoms with Crippen molar-refractivity contribution >= 4 is 23.5 Å². The predicted octanol–water partition coefficient (Wildman–Crippen LogP) is 4.19. The molecular formula is C22H30N6O2. The zero-order chi connectivity index (χ0) is 21.3. The predicted molar refractivity (Wildman–Crippen MR) is 115 cm³/mol. The SMILES string of the molecule is CCCC(=O)Nc1ccc([C@@H]2CCC[C@H](c3ccc(NC(=O)CCC)nn3)C2)nn1. The lowest BCUT2D eigenvalue weighted by molar-refractivity contribution is -0.117. The number of hydrogen-bond donors (Lipinski definition) is 2. The molecular weight excluding hydrogens is 380 g/mol. The normalized spacial score (nSPS) is 18.6. The minimum Gasteiger partial charge on any atom is -0.309 e. The van der Waals surface area contributed by atoms with Crippen LogP contribution in [0.25, 0.3) is 0 Å². The van der Waals surface area contributed by atoms with Gasteiger partial charge < -0.3 is 10.6 Å². The van der Waals surface area contributed by atoms with E-state index >= 15 is 0 Å². The number of rotatable bonds is 8. The minimum atomic E-state index is -0.0369. The van der Waals surface area contributed by atoms with Gasteiger partial charge in [-0.05, 0) is 56.4 Å². The first-order valence-electron chi connectivity index (χ1n) is 10.9. The van der Waals surface area contributed by atoms with Crippen LogP contribution in [0.3, 0.4) is 0 Å². The molecule has 8 nitrogen and oxygen atoms in total. The number of anilines is 2. The van der Waals surface area contributed by atoms with Gasteiger partial charge in [-0.3, -0.25) is 9.59 Å². The van der Waals surface area contributed by atoms with Crippen molar-refractivity contribution in [1.29, 1.82) is 0 Å². The van der Waals surface area contributed by atoms with E-state index in [2.05, 4.69) is 31.0 Å². The quantitative estimate of drug-likeness (QED) is 0.675. The van der Waals surface area contributed by atoms with Crippen LogP contribution < -0.4 is 10.6 Å². The maximum Gasteiger partial charge on any atom is 0.225 e. The first kappa shape index (κ1) is 21.8. The molecule has 0 radical (unpaired) electrons. The van der Waals surface area contributed by atoms with Crippen molar-refractivity contribution in [3.05, 3.63) is 35.7 Å². The minimum absolute atomic E-state index is 0.0369. The molecule has 8 heteroatoms. The third kappa shape index (κ3) is 6.05. The average Bonchev–Trinajstić information content (AvgIpc) is 2.75. The summed E-state index contributed by atoms with van der Waals surface area (Å²) in [4.78, 5) is 23.4. The summed E-state index contributed by atoms with van der Waals surface area (Å²) in [6, 6.07) is 7.57. The van der Waals surface area contributed by atoms with E-state index in [-0.39, 0.29) is 11.8 Å². The van der Waals surface area contributed by atoms with E-state index in [1.807, 2.05) is 38.1 Å². The Bertz CT molecular complexity index is 768. The van der Waals surface area contributed by atoms with Gasteiger partial charge in [0.1, 0.15) is 0 Å². The van der Waals surface area contributed by atoms with Crippen molar-refractivity contribution in [1.82, 2.24) is 20.4 Å². The topological polar surface area (TPSA) is 110 Å². The average molecular weight is 411 g/mol. The van der Waals surface area contributed by atoms with Crippen molar-refractivity contribution in [3.8, 4) is 0 Å². The molecule has 3 rings (SSSR count). The van der Waals surface area contributed by atoms with E-state index in [9.17, 15) is 9.59 Å². The molecule has 2 aromatic heterocycles. The van der Waals surface area contributed by atoms with Crippen LogP contribution >= 0.6 is 0 Å². The number of amides is 2. The van der Waals surface area contributed by atoms with E-state index in [1.54, 1.807) is 0 Å². The van der Waals surface area contributed by atoms with Gasteiger partial charge in [0.2, 0.25) is 11.8 Å². The van der Waals surface area contributed by atoms with Crippen molar-refractivity contribution in [2.75, 3.05) is 10.6 Å². The van der Waals surface area contributed by atoms with Crippen LogP contribution in [0.1, 0.15) is 88.4 Å². The molecule has 2 heterocycles. The zero-order valence-corrected chi connectivity index (χ0v) is 17.7. The first-order chi connectivity index (χ1) is 14.6. The third-order valence-corrected chi connectivity index (χ3v) is 5.37. The Labute approximate surface area is 177 Å². The number of aromatic nitrogens is 4. The highest BCUT2D eigenvalue weighted by atomic mass is 16.2. The zero-order valence-electron chi connectivity index (χ0n) is 17.7. The van der Waals surface area contributed by atoms with Crippen molar-refractivity contribution in [2.24, 2.45) is 0 Å². The third-order valence-electron chi connectivity index (χ3n) is 5.37. The summed E-state index contributed by atoms with van der Waals surface area (Å²) >= 11 is 0. The van der Waals surface area contributed by atoms with E-state index in [1.165, 1.54) is 0 Å². The van der Waals surface area contributed by atoms with Gasteiger partial charge in [0.25, 0.3) is 0 Å². The number of nitrogens with zero attached hydrogens (tertiary/aromatic N) is 4. The largest absolute Gasteiger partial charge is 0.309 e. The monoisotopic (exact) mass is 410 g/mol. The molecule has 0 aliphatic heterocycles. The summed E-state index contributed by atoms with van der Waals surface area (Å²) in [6.07, 6.45) is 6.71. The fraction of sp³-hybridized carbons (Fsp3) is 0.545. The van der Waals surface area contributed by atoms with E-state index in [4.69, 9.17) is 0 Å². The fourth-order valence-electron chi connectivity index (χ4n) is 3.85. The number of carbonyl (C=O) groups is 2. The van der Waals surface area contributed by atoms with Crippen LogP contribution in [0.2, 0.25) is 0 Å². The Balaban J connectivity index is 1.59. The maximum absolute atomic E-state index is 11.7. The van der Waals surface area contributed by atoms with Gasteiger partial charge in [-0.25, -0.2) is 0 Å². The first-order valence-corrected chi connectivity index (χ1v) is 10.9. The van der Waals surface area contributed by atoms with Crippen molar-refractivity contribution < 1.29 is 9.59 Å². The lowest BCUT2D eigenvalue weighted by atomic mass is 9.78. The molecule has 2 atom stereocenters. The molecule has 0 bridgehead atoms. The number of carbonyl (C=O) groups excluding carboxylic acids is 2. The maximum atomic E-state index is 11.7. The van der Waals surface area contributed by atoms with Gasteiger partial charge in [-0.1, -0.05) is 20.3 Å². The van der Waals surface area contributed by atoms with Crippen LogP contribution in [0.4, 0.5) is 11.6 Å². The second-order valence-electron chi connectivity index (χ2n) is 7.84. The molecule has 2 N–H and O–H groups in total. The van der Waals surface area contributed by atoms with Gasteiger partial charge in [0, 0.05) is 24.7 Å². The van der Waals surface area contributed by atoms with Crippen LogP contribution in [0.5, 0.6) is 0 Å². The molecule has 30 heavy (non-hydrogen) atoms. The van der Waals surface area contributed by atoms with Crippen molar-refractivity contribution in [2.45, 2.75) is 77.0 Å². The summed E-state index contributed by atoms with van der Waals surface area (Å²) in [6.45, 7) is 3.93. The van der Waals surface area contributed by atoms with Gasteiger partial charge in [0.05, 0.1) is 11.4 Å². The summed E-state index contributed by atoms with van der Waals surface area (Å²) < 4.78 is 0. The Hall–Kier alpha value is -2.90. The van der Waals surface area contributed by atoms with Gasteiger partial charge in [0.15, 0.2) is 11.6 Å². The second kappa shape index (κ2) is 10.8. The molecule has 160 valence electrons. The Morgan fingerprint density at radius 1 is 0.800 bits per heavy atom. The Kier molecular flexibility index (Phi) is 7.82. The highest BCUT2D eigenvalue weighted by Crippen LogP contribution is 2.40. The molecule has 1 saturated carbocycles. The highest BCUT2D eigenvalue weighted by molar-refractivity contribution is 5.90. The second-order valence-corrected chi connectivity index (χ2v) is 7.84. The molecule has 1 aliphatic carbocycles. The summed E-state index contributed by atoms with van der Waals surface area (Å²) in [5.41, 5.74) is 1.90. The standard InChI is InChI=1S/C22H30N6O2/c1-3-6-21(29)23-19-12-10-17(25-27-19)15-8-5-9-16(14-15)18-11-13-20(28-26-18)24-22(30)7-4-2/h10-13,15-16H,3-9,14H2,1-2H3,(H,23,27,29)(H,24,28,30)/t15-,16+. The summed E-state index contributed by atoms with van der Waals surface area (Å²) in [7, 11) is 0. The summed E-state index contributed by atoms with van der Waals surface area (Å²) in [5, 5.41) is 22.6. The van der Waals surface area contributed by atoms with Gasteiger partial charge >= 0.3 is 0 Å². The molecule has 0 aromatic carbocycles. The molecule has 0 unspecified atom stereocenters. The molecule has 2 aromatic rings. The number of nitrogens with one attached hydrogen (secondary N) is 2. The lowest BCUT2D eigenvalue weighted by Gasteiger charge is -2.28. The molecule has 2 amide bonds. The molecule has 0 spiro atoms. The number of hydrogen-bond acceptors (Lipinski definition) is 6. The van der Waals surface area contributed by atoms with E-state index in [0.29, 0.717) is 36.3 Å². The lowest BCUT2D eigenvalue weighted by Crippen LogP contribution is -2.17. The highest BCUT2D eigenvalue weighted by Gasteiger charge is 2.26. The van der Waals surface area contributed by atoms with E-state index < -0.39 is 0 Å². The smallest absolute Gasteiger partial charge is 0.225 e. The van der Waals surface area contributed by atoms with Crippen molar-refractivity contribution in [3.63, 3.8) is 0 Å². The van der Waals surface area contributed by atoms with Crippen LogP contribution in [0.15, 0.2) is 24.3 Å². The van der Waals surface area contributed by atoms with Crippen LogP contribution in [-0.4, -0.2) is 32.2 Å². The van der Waals surface area contributed by atoms with Crippen LogP contribution in [0, 0.1) is 0 Å². The van der Waals surface area contributed by atoms with E-state index in [0.717, 1.165) is 49.9 Å². The Morgan fingerprint density at radius 3 is 1.63 bits per heavy atom.